The van der Waals surface area contributed by atoms with Crippen molar-refractivity contribution >= 4 is 0 Å². The Kier molecular flexibility index (Phi) is 4.88. The zero-order valence-electron chi connectivity index (χ0n) is 4.18. The molecule has 0 aromatic rings. The summed E-state index contributed by atoms with van der Waals surface area (Å²) in [6, 6.07) is 0. The van der Waals surface area contributed by atoms with E-state index in [-0.39, 0.29) is 17.1 Å². The van der Waals surface area contributed by atoms with E-state index in [2.05, 4.69) is 10.6 Å². The van der Waals surface area contributed by atoms with Crippen LogP contribution in [0.15, 0.2) is 0 Å². The van der Waals surface area contributed by atoms with Crippen molar-refractivity contribution in [1.29, 1.82) is 0 Å². The first kappa shape index (κ1) is 7.44. The van der Waals surface area contributed by atoms with Gasteiger partial charge in [0.05, 0.1) is 0 Å². The average molecular weight is 142 g/mol. The molecule has 0 bridgehead atoms. The van der Waals surface area contributed by atoms with E-state index in [0.29, 0.717) is 0 Å². The SMILES string of the molecule is C1CNCCN1.[Fe+2]. The third kappa shape index (κ3) is 3.06. The number of hydrogen-bond donors (Lipinski definition) is 2. The van der Waals surface area contributed by atoms with Gasteiger partial charge in [-0.25, -0.2) is 0 Å². The molecule has 1 rings (SSSR count). The van der Waals surface area contributed by atoms with Crippen molar-refractivity contribution in [2.24, 2.45) is 0 Å². The van der Waals surface area contributed by atoms with Crippen molar-refractivity contribution in [3.8, 4) is 0 Å². The minimum absolute atomic E-state index is 0. The molecule has 0 amide bonds. The van der Waals surface area contributed by atoms with Crippen LogP contribution in [0.4, 0.5) is 0 Å². The molecule has 1 saturated heterocycles. The molecule has 7 heavy (non-hydrogen) atoms. The van der Waals surface area contributed by atoms with E-state index in [0.717, 1.165) is 26.2 Å². The first-order valence-electron chi connectivity index (χ1n) is 2.41. The summed E-state index contributed by atoms with van der Waals surface area (Å²) in [6.07, 6.45) is 0. The summed E-state index contributed by atoms with van der Waals surface area (Å²) in [7, 11) is 0. The molecule has 0 saturated carbocycles. The Morgan fingerprint density at radius 1 is 0.714 bits per heavy atom. The minimum Gasteiger partial charge on any atom is -0.314 e. The third-order valence-electron chi connectivity index (χ3n) is 0.957. The van der Waals surface area contributed by atoms with Gasteiger partial charge < -0.3 is 10.6 Å². The molecule has 1 aliphatic heterocycles. The largest absolute Gasteiger partial charge is 2.00 e. The fourth-order valence-electron chi connectivity index (χ4n) is 0.604. The Balaban J connectivity index is 0.000000360. The third-order valence-corrected chi connectivity index (χ3v) is 0.957. The summed E-state index contributed by atoms with van der Waals surface area (Å²) in [5, 5.41) is 6.44. The van der Waals surface area contributed by atoms with Crippen molar-refractivity contribution in [1.82, 2.24) is 10.6 Å². The summed E-state index contributed by atoms with van der Waals surface area (Å²) in [6.45, 7) is 4.56. The summed E-state index contributed by atoms with van der Waals surface area (Å²) in [5.74, 6) is 0. The summed E-state index contributed by atoms with van der Waals surface area (Å²) < 4.78 is 0. The van der Waals surface area contributed by atoms with Crippen LogP contribution >= 0.6 is 0 Å². The van der Waals surface area contributed by atoms with Gasteiger partial charge in [-0.05, 0) is 0 Å². The van der Waals surface area contributed by atoms with Gasteiger partial charge in [0.1, 0.15) is 0 Å². The predicted octanol–water partition coefficient (Wildman–Crippen LogP) is -0.823. The fraction of sp³-hybridized carbons (Fsp3) is 1.00. The molecule has 0 aliphatic carbocycles. The Labute approximate surface area is 54.5 Å². The topological polar surface area (TPSA) is 24.1 Å². The minimum atomic E-state index is 0. The molecule has 0 aromatic heterocycles. The van der Waals surface area contributed by atoms with Gasteiger partial charge in [0.15, 0.2) is 0 Å². The van der Waals surface area contributed by atoms with Crippen LogP contribution in [0.2, 0.25) is 0 Å². The molecule has 0 radical (unpaired) electrons. The second-order valence-electron chi connectivity index (χ2n) is 1.50. The standard InChI is InChI=1S/C4H10N2.Fe/c1-2-6-4-3-5-1;/h5-6H,1-4H2;/q;+2. The average Bonchev–Trinajstić information content (AvgIpc) is 1.72. The van der Waals surface area contributed by atoms with E-state index < -0.39 is 0 Å². The van der Waals surface area contributed by atoms with Gasteiger partial charge >= 0.3 is 17.1 Å². The van der Waals surface area contributed by atoms with E-state index in [1.807, 2.05) is 0 Å². The molecule has 3 heteroatoms. The fourth-order valence-corrected chi connectivity index (χ4v) is 0.604. The Hall–Kier alpha value is 0.439. The van der Waals surface area contributed by atoms with Crippen molar-refractivity contribution in [2.75, 3.05) is 26.2 Å². The van der Waals surface area contributed by atoms with Crippen LogP contribution in [0.25, 0.3) is 0 Å². The van der Waals surface area contributed by atoms with Gasteiger partial charge in [0.25, 0.3) is 0 Å². The number of nitrogens with one attached hydrogen (secondary N) is 2. The first-order chi connectivity index (χ1) is 3.00. The number of rotatable bonds is 0. The first-order valence-corrected chi connectivity index (χ1v) is 2.41. The monoisotopic (exact) mass is 142 g/mol. The van der Waals surface area contributed by atoms with Gasteiger partial charge in [0.2, 0.25) is 0 Å². The maximum absolute atomic E-state index is 3.22. The van der Waals surface area contributed by atoms with Crippen molar-refractivity contribution in [3.05, 3.63) is 0 Å². The van der Waals surface area contributed by atoms with Crippen LogP contribution in [-0.4, -0.2) is 26.2 Å². The van der Waals surface area contributed by atoms with E-state index >= 15 is 0 Å². The molecule has 2 N–H and O–H groups in total. The number of piperazine rings is 1. The van der Waals surface area contributed by atoms with Crippen LogP contribution in [-0.2, 0) is 17.1 Å². The van der Waals surface area contributed by atoms with Gasteiger partial charge in [-0.2, -0.15) is 0 Å². The summed E-state index contributed by atoms with van der Waals surface area (Å²) in [4.78, 5) is 0. The zero-order valence-corrected chi connectivity index (χ0v) is 5.29. The zero-order chi connectivity index (χ0) is 4.24. The molecule has 1 fully saturated rings. The molecule has 0 unspecified atom stereocenters. The van der Waals surface area contributed by atoms with Crippen LogP contribution < -0.4 is 10.6 Å². The predicted molar refractivity (Wildman–Crippen MR) is 25.7 cm³/mol. The van der Waals surface area contributed by atoms with E-state index in [1.165, 1.54) is 0 Å². The molecule has 0 aromatic carbocycles. The van der Waals surface area contributed by atoms with Crippen molar-refractivity contribution < 1.29 is 17.1 Å². The van der Waals surface area contributed by atoms with Crippen LogP contribution in [0.5, 0.6) is 0 Å². The van der Waals surface area contributed by atoms with Gasteiger partial charge in [-0.15, -0.1) is 0 Å². The van der Waals surface area contributed by atoms with Crippen LogP contribution in [0.1, 0.15) is 0 Å². The summed E-state index contributed by atoms with van der Waals surface area (Å²) >= 11 is 0. The van der Waals surface area contributed by atoms with Crippen molar-refractivity contribution in [3.63, 3.8) is 0 Å². The maximum atomic E-state index is 3.22. The summed E-state index contributed by atoms with van der Waals surface area (Å²) in [5.41, 5.74) is 0. The van der Waals surface area contributed by atoms with E-state index in [9.17, 15) is 0 Å². The molecule has 1 aliphatic rings. The Morgan fingerprint density at radius 2 is 1.00 bits per heavy atom. The molecule has 1 heterocycles. The van der Waals surface area contributed by atoms with Crippen LogP contribution in [0, 0.1) is 0 Å². The van der Waals surface area contributed by atoms with Gasteiger partial charge in [-0.3, -0.25) is 0 Å². The van der Waals surface area contributed by atoms with Gasteiger partial charge in [0, 0.05) is 26.2 Å². The second kappa shape index (κ2) is 4.59. The quantitative estimate of drug-likeness (QED) is 0.431. The smallest absolute Gasteiger partial charge is 0.314 e. The molecule has 2 nitrogen and oxygen atoms in total. The normalized spacial score (nSPS) is 20.6. The van der Waals surface area contributed by atoms with Gasteiger partial charge in [-0.1, -0.05) is 0 Å². The van der Waals surface area contributed by atoms with Crippen molar-refractivity contribution in [2.45, 2.75) is 0 Å². The molecule has 42 valence electrons. The number of hydrogen-bond acceptors (Lipinski definition) is 2. The maximum Gasteiger partial charge on any atom is 2.00 e. The molecule has 0 atom stereocenters. The molecular weight excluding hydrogens is 132 g/mol. The second-order valence-corrected chi connectivity index (χ2v) is 1.50. The molecular formula is C4H10FeN2+2. The van der Waals surface area contributed by atoms with Crippen LogP contribution in [0.3, 0.4) is 0 Å². The van der Waals surface area contributed by atoms with E-state index in [1.54, 1.807) is 0 Å². The van der Waals surface area contributed by atoms with E-state index in [4.69, 9.17) is 0 Å². The Bertz CT molecular complexity index is 25.2. The Morgan fingerprint density at radius 3 is 1.14 bits per heavy atom. The molecule has 0 spiro atoms.